The van der Waals surface area contributed by atoms with E-state index in [1.807, 2.05) is 0 Å². The largest absolute Gasteiger partial charge is 0.101 e. The zero-order valence-corrected chi connectivity index (χ0v) is 9.15. The minimum Gasteiger partial charge on any atom is -0.101 e. The first-order valence-corrected chi connectivity index (χ1v) is 7.30. The van der Waals surface area contributed by atoms with Gasteiger partial charge >= 0.3 is 0 Å². The van der Waals surface area contributed by atoms with Gasteiger partial charge in [-0.3, -0.25) is 0 Å². The second-order valence-corrected chi connectivity index (χ2v) is 7.61. The lowest BCUT2D eigenvalue weighted by Gasteiger charge is -2.30. The van der Waals surface area contributed by atoms with Crippen LogP contribution in [0.3, 0.4) is 0 Å². The molecule has 2 aliphatic rings. The molecule has 1 aliphatic heterocycles. The Morgan fingerprint density at radius 1 is 0.917 bits per heavy atom. The van der Waals surface area contributed by atoms with Crippen LogP contribution in [0.5, 0.6) is 0 Å². The normalized spacial score (nSPS) is 38.8. The molecule has 0 radical (unpaired) electrons. The molecular formula is C11H21P. The third kappa shape index (κ3) is 1.84. The van der Waals surface area contributed by atoms with E-state index in [-0.39, 0.29) is 0 Å². The van der Waals surface area contributed by atoms with Crippen LogP contribution in [-0.4, -0.2) is 17.5 Å². The Morgan fingerprint density at radius 3 is 2.25 bits per heavy atom. The molecule has 0 amide bonds. The van der Waals surface area contributed by atoms with Gasteiger partial charge in [0, 0.05) is 0 Å². The molecule has 0 N–H and O–H groups in total. The topological polar surface area (TPSA) is 0 Å². The summed E-state index contributed by atoms with van der Waals surface area (Å²) in [5, 5.41) is 0. The molecule has 1 saturated carbocycles. The fourth-order valence-corrected chi connectivity index (χ4v) is 6.53. The van der Waals surface area contributed by atoms with Gasteiger partial charge in [-0.2, -0.15) is 0 Å². The maximum Gasteiger partial charge on any atom is -0.0207 e. The van der Waals surface area contributed by atoms with E-state index in [0.29, 0.717) is 7.92 Å². The predicted molar refractivity (Wildman–Crippen MR) is 57.4 cm³/mol. The standard InChI is InChI=1S/C11H21P/c1-10-6-5-9-12(10)11-7-3-2-4-8-11/h10-11H,2-9H2,1H3. The monoisotopic (exact) mass is 184 g/mol. The number of hydrogen-bond donors (Lipinski definition) is 0. The van der Waals surface area contributed by atoms with Gasteiger partial charge in [-0.25, -0.2) is 0 Å². The van der Waals surface area contributed by atoms with E-state index in [4.69, 9.17) is 0 Å². The van der Waals surface area contributed by atoms with Gasteiger partial charge in [-0.05, 0) is 43.2 Å². The van der Waals surface area contributed by atoms with Crippen LogP contribution in [-0.2, 0) is 0 Å². The molecule has 0 aromatic heterocycles. The van der Waals surface area contributed by atoms with Crippen LogP contribution >= 0.6 is 7.92 Å². The van der Waals surface area contributed by atoms with E-state index in [0.717, 1.165) is 5.66 Å². The molecule has 0 aromatic carbocycles. The highest BCUT2D eigenvalue weighted by atomic mass is 31.1. The molecule has 1 saturated heterocycles. The fourth-order valence-electron chi connectivity index (χ4n) is 2.91. The summed E-state index contributed by atoms with van der Waals surface area (Å²) in [5.74, 6) is 0. The Hall–Kier alpha value is 0.430. The Kier molecular flexibility index (Phi) is 3.07. The number of rotatable bonds is 1. The van der Waals surface area contributed by atoms with Gasteiger partial charge in [0.15, 0.2) is 0 Å². The second-order valence-electron chi connectivity index (χ2n) is 4.52. The van der Waals surface area contributed by atoms with Crippen molar-refractivity contribution in [2.45, 2.75) is 63.2 Å². The van der Waals surface area contributed by atoms with Crippen LogP contribution in [0.1, 0.15) is 51.9 Å². The van der Waals surface area contributed by atoms with Crippen LogP contribution in [0.2, 0.25) is 0 Å². The second kappa shape index (κ2) is 4.09. The molecule has 70 valence electrons. The summed E-state index contributed by atoms with van der Waals surface area (Å²) in [7, 11) is 0.476. The van der Waals surface area contributed by atoms with Crippen molar-refractivity contribution in [1.29, 1.82) is 0 Å². The predicted octanol–water partition coefficient (Wildman–Crippen LogP) is 3.98. The van der Waals surface area contributed by atoms with Crippen molar-refractivity contribution in [3.8, 4) is 0 Å². The summed E-state index contributed by atoms with van der Waals surface area (Å²) in [4.78, 5) is 0. The summed E-state index contributed by atoms with van der Waals surface area (Å²) in [6.45, 7) is 2.51. The highest BCUT2D eigenvalue weighted by molar-refractivity contribution is 7.59. The average Bonchev–Trinajstić information content (AvgIpc) is 2.53. The minimum absolute atomic E-state index is 0.476. The Labute approximate surface area is 77.9 Å². The van der Waals surface area contributed by atoms with Gasteiger partial charge in [-0.1, -0.05) is 26.2 Å². The molecule has 1 heterocycles. The van der Waals surface area contributed by atoms with Gasteiger partial charge in [0.2, 0.25) is 0 Å². The molecule has 0 spiro atoms. The summed E-state index contributed by atoms with van der Waals surface area (Å²) in [5.41, 5.74) is 2.30. The molecule has 1 aliphatic carbocycles. The molecule has 2 rings (SSSR count). The molecule has 2 fully saturated rings. The van der Waals surface area contributed by atoms with Crippen LogP contribution in [0.15, 0.2) is 0 Å². The molecule has 0 nitrogen and oxygen atoms in total. The van der Waals surface area contributed by atoms with Crippen molar-refractivity contribution in [2.75, 3.05) is 6.16 Å². The SMILES string of the molecule is CC1CCCP1C1CCCCC1. The fraction of sp³-hybridized carbons (Fsp3) is 1.00. The third-order valence-corrected chi connectivity index (χ3v) is 7.33. The molecule has 2 unspecified atom stereocenters. The first-order chi connectivity index (χ1) is 5.88. The van der Waals surface area contributed by atoms with Crippen molar-refractivity contribution in [3.63, 3.8) is 0 Å². The van der Waals surface area contributed by atoms with Crippen LogP contribution in [0.4, 0.5) is 0 Å². The van der Waals surface area contributed by atoms with E-state index >= 15 is 0 Å². The van der Waals surface area contributed by atoms with Crippen LogP contribution in [0, 0.1) is 0 Å². The van der Waals surface area contributed by atoms with Crippen LogP contribution < -0.4 is 0 Å². The van der Waals surface area contributed by atoms with Crippen LogP contribution in [0.25, 0.3) is 0 Å². The van der Waals surface area contributed by atoms with Crippen molar-refractivity contribution >= 4 is 7.92 Å². The van der Waals surface area contributed by atoms with Crippen molar-refractivity contribution in [2.24, 2.45) is 0 Å². The summed E-state index contributed by atoms with van der Waals surface area (Å²) in [6.07, 6.45) is 12.5. The van der Waals surface area contributed by atoms with E-state index in [1.54, 1.807) is 31.8 Å². The number of hydrogen-bond acceptors (Lipinski definition) is 0. The van der Waals surface area contributed by atoms with Gasteiger partial charge in [-0.15, -0.1) is 7.92 Å². The van der Waals surface area contributed by atoms with Gasteiger partial charge < -0.3 is 0 Å². The lowest BCUT2D eigenvalue weighted by atomic mass is 10.0. The Bertz CT molecular complexity index is 138. The molecule has 12 heavy (non-hydrogen) atoms. The van der Waals surface area contributed by atoms with E-state index < -0.39 is 0 Å². The zero-order valence-electron chi connectivity index (χ0n) is 8.26. The minimum atomic E-state index is 0.476. The lowest BCUT2D eigenvalue weighted by Crippen LogP contribution is -2.14. The van der Waals surface area contributed by atoms with Gasteiger partial charge in [0.1, 0.15) is 0 Å². The zero-order chi connectivity index (χ0) is 8.39. The Morgan fingerprint density at radius 2 is 1.67 bits per heavy atom. The average molecular weight is 184 g/mol. The maximum absolute atomic E-state index is 2.51. The quantitative estimate of drug-likeness (QED) is 0.541. The maximum atomic E-state index is 2.51. The summed E-state index contributed by atoms with van der Waals surface area (Å²) >= 11 is 0. The summed E-state index contributed by atoms with van der Waals surface area (Å²) < 4.78 is 0. The Balaban J connectivity index is 1.89. The molecule has 1 heteroatoms. The first kappa shape index (κ1) is 9.00. The van der Waals surface area contributed by atoms with E-state index in [9.17, 15) is 0 Å². The molecule has 2 atom stereocenters. The third-order valence-electron chi connectivity index (χ3n) is 3.65. The lowest BCUT2D eigenvalue weighted by molar-refractivity contribution is 0.510. The highest BCUT2D eigenvalue weighted by Crippen LogP contribution is 2.57. The van der Waals surface area contributed by atoms with Crippen molar-refractivity contribution < 1.29 is 0 Å². The molecule has 0 bridgehead atoms. The summed E-state index contributed by atoms with van der Waals surface area (Å²) in [6, 6.07) is 0. The van der Waals surface area contributed by atoms with E-state index in [2.05, 4.69) is 6.92 Å². The van der Waals surface area contributed by atoms with Gasteiger partial charge in [0.05, 0.1) is 0 Å². The first-order valence-electron chi connectivity index (χ1n) is 5.63. The molecule has 0 aromatic rings. The smallest absolute Gasteiger partial charge is 0.0207 e. The highest BCUT2D eigenvalue weighted by Gasteiger charge is 2.30. The van der Waals surface area contributed by atoms with E-state index in [1.165, 1.54) is 24.9 Å². The van der Waals surface area contributed by atoms with Gasteiger partial charge in [0.25, 0.3) is 0 Å². The van der Waals surface area contributed by atoms with Crippen molar-refractivity contribution in [3.05, 3.63) is 0 Å². The van der Waals surface area contributed by atoms with Crippen molar-refractivity contribution in [1.82, 2.24) is 0 Å². The molecular weight excluding hydrogens is 163 g/mol.